The molecule has 0 saturated heterocycles. The lowest BCUT2D eigenvalue weighted by atomic mass is 9.54. The molecule has 1 saturated carbocycles. The summed E-state index contributed by atoms with van der Waals surface area (Å²) in [6, 6.07) is 5.49. The van der Waals surface area contributed by atoms with Gasteiger partial charge in [-0.3, -0.25) is 4.79 Å². The number of hydrogen-bond acceptors (Lipinski definition) is 5. The number of rotatable bonds is 7. The first kappa shape index (κ1) is 18.5. The number of carbonyl (C=O) groups excluding carboxylic acids is 1. The van der Waals surface area contributed by atoms with Crippen LogP contribution in [0.2, 0.25) is 0 Å². The fraction of sp³-hybridized carbons (Fsp3) is 0.611. The zero-order chi connectivity index (χ0) is 18.0. The first-order chi connectivity index (χ1) is 11.3. The van der Waals surface area contributed by atoms with Crippen LogP contribution in [0.5, 0.6) is 11.5 Å². The Balaban J connectivity index is 2.04. The van der Waals surface area contributed by atoms with Gasteiger partial charge in [-0.05, 0) is 19.1 Å². The van der Waals surface area contributed by atoms with E-state index in [1.807, 2.05) is 32.9 Å². The molecule has 0 spiro atoms. The second-order valence-electron chi connectivity index (χ2n) is 6.70. The summed E-state index contributed by atoms with van der Waals surface area (Å²) in [5.74, 6) is 1.21. The predicted molar refractivity (Wildman–Crippen MR) is 92.1 cm³/mol. The smallest absolute Gasteiger partial charge is 0.241 e. The van der Waals surface area contributed by atoms with Crippen molar-refractivity contribution in [2.24, 2.45) is 11.1 Å². The summed E-state index contributed by atoms with van der Waals surface area (Å²) in [6.45, 7) is 6.87. The molecule has 0 radical (unpaired) electrons. The second-order valence-corrected chi connectivity index (χ2v) is 6.70. The van der Waals surface area contributed by atoms with Crippen LogP contribution >= 0.6 is 0 Å². The third-order valence-corrected chi connectivity index (χ3v) is 5.17. The third kappa shape index (κ3) is 3.08. The van der Waals surface area contributed by atoms with Gasteiger partial charge in [-0.2, -0.15) is 0 Å². The van der Waals surface area contributed by atoms with Crippen LogP contribution in [0.1, 0.15) is 32.8 Å². The van der Waals surface area contributed by atoms with Crippen molar-refractivity contribution in [3.05, 3.63) is 23.8 Å². The first-order valence-electron chi connectivity index (χ1n) is 8.19. The second kappa shape index (κ2) is 6.99. The van der Waals surface area contributed by atoms with E-state index in [1.165, 1.54) is 0 Å². The van der Waals surface area contributed by atoms with Gasteiger partial charge >= 0.3 is 0 Å². The summed E-state index contributed by atoms with van der Waals surface area (Å²) in [5, 5.41) is 2.93. The standard InChI is InChI=1S/C18H28N2O4/c1-6-24-15-10-18(19,17(15,2)3)16(21)20-11-12-7-8-13(22-4)9-14(12)23-5/h7-9,15H,6,10-11,19H2,1-5H3,(H,20,21). The number of ether oxygens (including phenoxy) is 3. The molecule has 2 rings (SSSR count). The molecule has 1 fully saturated rings. The lowest BCUT2D eigenvalue weighted by Crippen LogP contribution is -2.75. The Morgan fingerprint density at radius 3 is 2.58 bits per heavy atom. The summed E-state index contributed by atoms with van der Waals surface area (Å²) >= 11 is 0. The lowest BCUT2D eigenvalue weighted by molar-refractivity contribution is -0.170. The molecule has 24 heavy (non-hydrogen) atoms. The average molecular weight is 336 g/mol. The Labute approximate surface area is 143 Å². The predicted octanol–water partition coefficient (Wildman–Crippen LogP) is 1.85. The van der Waals surface area contributed by atoms with Crippen LogP contribution in [0.15, 0.2) is 18.2 Å². The van der Waals surface area contributed by atoms with E-state index in [0.29, 0.717) is 31.1 Å². The summed E-state index contributed by atoms with van der Waals surface area (Å²) < 4.78 is 16.2. The lowest BCUT2D eigenvalue weighted by Gasteiger charge is -2.57. The van der Waals surface area contributed by atoms with Gasteiger partial charge in [0.1, 0.15) is 17.0 Å². The molecule has 1 aliphatic carbocycles. The molecule has 0 bridgehead atoms. The van der Waals surface area contributed by atoms with Gasteiger partial charge in [-0.15, -0.1) is 0 Å². The average Bonchev–Trinajstić information content (AvgIpc) is 2.58. The number of nitrogens with one attached hydrogen (secondary N) is 1. The molecule has 1 aromatic rings. The highest BCUT2D eigenvalue weighted by Gasteiger charge is 2.62. The van der Waals surface area contributed by atoms with Crippen molar-refractivity contribution in [1.29, 1.82) is 0 Å². The molecule has 6 nitrogen and oxygen atoms in total. The fourth-order valence-corrected chi connectivity index (χ4v) is 3.15. The van der Waals surface area contributed by atoms with E-state index in [-0.39, 0.29) is 12.0 Å². The molecule has 1 aromatic carbocycles. The molecule has 1 amide bonds. The van der Waals surface area contributed by atoms with Crippen molar-refractivity contribution in [3.63, 3.8) is 0 Å². The van der Waals surface area contributed by atoms with Gasteiger partial charge in [-0.1, -0.05) is 13.8 Å². The maximum atomic E-state index is 12.7. The zero-order valence-electron chi connectivity index (χ0n) is 15.1. The highest BCUT2D eigenvalue weighted by molar-refractivity contribution is 5.88. The van der Waals surface area contributed by atoms with Gasteiger partial charge in [0.2, 0.25) is 5.91 Å². The molecular weight excluding hydrogens is 308 g/mol. The minimum absolute atomic E-state index is 0.00812. The molecule has 0 heterocycles. The van der Waals surface area contributed by atoms with E-state index in [1.54, 1.807) is 20.3 Å². The number of carbonyl (C=O) groups is 1. The van der Waals surface area contributed by atoms with Crippen LogP contribution in [-0.2, 0) is 16.1 Å². The van der Waals surface area contributed by atoms with Gasteiger partial charge < -0.3 is 25.3 Å². The maximum absolute atomic E-state index is 12.7. The van der Waals surface area contributed by atoms with Crippen LogP contribution in [0.25, 0.3) is 0 Å². The molecule has 0 aliphatic heterocycles. The third-order valence-electron chi connectivity index (χ3n) is 5.17. The highest BCUT2D eigenvalue weighted by atomic mass is 16.5. The summed E-state index contributed by atoms with van der Waals surface area (Å²) in [5.41, 5.74) is 5.92. The minimum Gasteiger partial charge on any atom is -0.497 e. The number of benzene rings is 1. The van der Waals surface area contributed by atoms with Crippen LogP contribution in [0.4, 0.5) is 0 Å². The van der Waals surface area contributed by atoms with Crippen LogP contribution in [0, 0.1) is 5.41 Å². The quantitative estimate of drug-likeness (QED) is 0.794. The molecule has 3 N–H and O–H groups in total. The zero-order valence-corrected chi connectivity index (χ0v) is 15.1. The van der Waals surface area contributed by atoms with Gasteiger partial charge in [0, 0.05) is 36.6 Å². The van der Waals surface area contributed by atoms with E-state index in [2.05, 4.69) is 5.32 Å². The number of hydrogen-bond donors (Lipinski definition) is 2. The van der Waals surface area contributed by atoms with Gasteiger partial charge in [0.25, 0.3) is 0 Å². The van der Waals surface area contributed by atoms with Crippen LogP contribution < -0.4 is 20.5 Å². The Kier molecular flexibility index (Phi) is 5.40. The van der Waals surface area contributed by atoms with E-state index in [9.17, 15) is 4.79 Å². The normalized spacial score (nSPS) is 24.8. The Morgan fingerprint density at radius 1 is 1.33 bits per heavy atom. The van der Waals surface area contributed by atoms with E-state index in [4.69, 9.17) is 19.9 Å². The molecule has 134 valence electrons. The largest absolute Gasteiger partial charge is 0.497 e. The molecule has 2 atom stereocenters. The SMILES string of the molecule is CCOC1CC(N)(C(=O)NCc2ccc(OC)cc2OC)C1(C)C. The van der Waals surface area contributed by atoms with Gasteiger partial charge in [-0.25, -0.2) is 0 Å². The first-order valence-corrected chi connectivity index (χ1v) is 8.19. The molecule has 6 heteroatoms. The van der Waals surface area contributed by atoms with Gasteiger partial charge in [0.15, 0.2) is 0 Å². The number of amides is 1. The van der Waals surface area contributed by atoms with E-state index >= 15 is 0 Å². The fourth-order valence-electron chi connectivity index (χ4n) is 3.15. The molecule has 0 aromatic heterocycles. The van der Waals surface area contributed by atoms with Crippen molar-refractivity contribution in [2.45, 2.75) is 45.4 Å². The molecular formula is C18H28N2O4. The topological polar surface area (TPSA) is 82.8 Å². The Hall–Kier alpha value is -1.79. The van der Waals surface area contributed by atoms with Gasteiger partial charge in [0.05, 0.1) is 20.3 Å². The summed E-state index contributed by atoms with van der Waals surface area (Å²) in [7, 11) is 3.19. The van der Waals surface area contributed by atoms with Crippen molar-refractivity contribution in [2.75, 3.05) is 20.8 Å². The van der Waals surface area contributed by atoms with Crippen molar-refractivity contribution >= 4 is 5.91 Å². The van der Waals surface area contributed by atoms with Crippen LogP contribution in [-0.4, -0.2) is 38.4 Å². The highest BCUT2D eigenvalue weighted by Crippen LogP contribution is 2.49. The van der Waals surface area contributed by atoms with E-state index < -0.39 is 11.0 Å². The minimum atomic E-state index is -0.924. The van der Waals surface area contributed by atoms with Crippen molar-refractivity contribution < 1.29 is 19.0 Å². The van der Waals surface area contributed by atoms with E-state index in [0.717, 1.165) is 5.56 Å². The number of nitrogens with two attached hydrogens (primary N) is 1. The van der Waals surface area contributed by atoms with Crippen molar-refractivity contribution in [3.8, 4) is 11.5 Å². The van der Waals surface area contributed by atoms with Crippen molar-refractivity contribution in [1.82, 2.24) is 5.32 Å². The monoisotopic (exact) mass is 336 g/mol. The number of methoxy groups -OCH3 is 2. The Bertz CT molecular complexity index is 603. The Morgan fingerprint density at radius 2 is 2.04 bits per heavy atom. The summed E-state index contributed by atoms with van der Waals surface area (Å²) in [6.07, 6.45) is 0.535. The molecule has 1 aliphatic rings. The maximum Gasteiger partial charge on any atom is 0.241 e. The summed E-state index contributed by atoms with van der Waals surface area (Å²) in [4.78, 5) is 12.7. The van der Waals surface area contributed by atoms with Crippen LogP contribution in [0.3, 0.4) is 0 Å². The molecule has 2 unspecified atom stereocenters.